The molecule has 3 heteroatoms. The van der Waals surface area contributed by atoms with Crippen LogP contribution in [-0.2, 0) is 12.8 Å². The molecule has 0 unspecified atom stereocenters. The molecule has 2 nitrogen and oxygen atoms in total. The van der Waals surface area contributed by atoms with Gasteiger partial charge >= 0.3 is 0 Å². The Bertz CT molecular complexity index is 561. The predicted octanol–water partition coefficient (Wildman–Crippen LogP) is 3.87. The first kappa shape index (κ1) is 14.6. The molecule has 0 aliphatic carbocycles. The third-order valence-corrected chi connectivity index (χ3v) is 3.49. The van der Waals surface area contributed by atoms with Gasteiger partial charge in [-0.3, -0.25) is 4.79 Å². The van der Waals surface area contributed by atoms with E-state index in [1.54, 1.807) is 0 Å². The molecular weight excluding hydrogens is 270 g/mol. The predicted molar refractivity (Wildman–Crippen MR) is 83.3 cm³/mol. The summed E-state index contributed by atoms with van der Waals surface area (Å²) >= 11 is 5.83. The minimum atomic E-state index is -0.0263. The van der Waals surface area contributed by atoms with E-state index < -0.39 is 0 Å². The highest BCUT2D eigenvalue weighted by Gasteiger charge is 2.04. The van der Waals surface area contributed by atoms with Gasteiger partial charge in [0.25, 0.3) is 5.91 Å². The van der Waals surface area contributed by atoms with Crippen molar-refractivity contribution in [2.45, 2.75) is 19.8 Å². The molecule has 0 atom stereocenters. The smallest absolute Gasteiger partial charge is 0.251 e. The molecule has 2 aromatic rings. The zero-order chi connectivity index (χ0) is 14.4. The summed E-state index contributed by atoms with van der Waals surface area (Å²) in [6, 6.07) is 15.4. The third-order valence-electron chi connectivity index (χ3n) is 3.24. The van der Waals surface area contributed by atoms with Crippen molar-refractivity contribution in [1.82, 2.24) is 5.32 Å². The maximum atomic E-state index is 12.0. The molecule has 0 heterocycles. The van der Waals surface area contributed by atoms with Crippen molar-refractivity contribution < 1.29 is 4.79 Å². The highest BCUT2D eigenvalue weighted by atomic mass is 35.5. The number of aryl methyl sites for hydroxylation is 1. The van der Waals surface area contributed by atoms with Crippen molar-refractivity contribution in [2.75, 3.05) is 6.54 Å². The summed E-state index contributed by atoms with van der Waals surface area (Å²) in [5.41, 5.74) is 3.11. The summed E-state index contributed by atoms with van der Waals surface area (Å²) in [7, 11) is 0. The molecule has 0 fully saturated rings. The molecule has 0 bridgehead atoms. The van der Waals surface area contributed by atoms with E-state index in [0.29, 0.717) is 12.1 Å². The largest absolute Gasteiger partial charge is 0.352 e. The fourth-order valence-corrected chi connectivity index (χ4v) is 2.09. The fraction of sp³-hybridized carbons (Fsp3) is 0.235. The van der Waals surface area contributed by atoms with Gasteiger partial charge in [-0.1, -0.05) is 42.8 Å². The molecule has 0 radical (unpaired) electrons. The molecule has 0 saturated carbocycles. The van der Waals surface area contributed by atoms with E-state index in [2.05, 4.69) is 12.2 Å². The van der Waals surface area contributed by atoms with Crippen molar-refractivity contribution in [3.63, 3.8) is 0 Å². The van der Waals surface area contributed by atoms with E-state index in [-0.39, 0.29) is 5.91 Å². The molecule has 1 amide bonds. The van der Waals surface area contributed by atoms with Crippen LogP contribution in [0.4, 0.5) is 0 Å². The lowest BCUT2D eigenvalue weighted by Gasteiger charge is -2.06. The number of carbonyl (C=O) groups is 1. The quantitative estimate of drug-likeness (QED) is 0.888. The molecule has 2 aromatic carbocycles. The van der Waals surface area contributed by atoms with Crippen LogP contribution in [0.25, 0.3) is 0 Å². The third kappa shape index (κ3) is 4.10. The van der Waals surface area contributed by atoms with Gasteiger partial charge in [0, 0.05) is 17.1 Å². The number of hydrogen-bond acceptors (Lipinski definition) is 1. The number of halogens is 1. The van der Waals surface area contributed by atoms with Crippen LogP contribution < -0.4 is 5.32 Å². The molecule has 0 aliphatic rings. The highest BCUT2D eigenvalue weighted by molar-refractivity contribution is 6.30. The second kappa shape index (κ2) is 7.11. The lowest BCUT2D eigenvalue weighted by Crippen LogP contribution is -2.25. The molecule has 1 N–H and O–H groups in total. The van der Waals surface area contributed by atoms with Crippen molar-refractivity contribution in [3.8, 4) is 0 Å². The molecule has 0 saturated heterocycles. The summed E-state index contributed by atoms with van der Waals surface area (Å²) in [6.45, 7) is 2.72. The Labute approximate surface area is 124 Å². The Morgan fingerprint density at radius 3 is 2.20 bits per heavy atom. The van der Waals surface area contributed by atoms with Gasteiger partial charge in [-0.05, 0) is 48.2 Å². The van der Waals surface area contributed by atoms with Gasteiger partial charge in [0.1, 0.15) is 0 Å². The summed E-state index contributed by atoms with van der Waals surface area (Å²) in [5.74, 6) is -0.0263. The van der Waals surface area contributed by atoms with Crippen LogP contribution >= 0.6 is 11.6 Å². The Kier molecular flexibility index (Phi) is 5.19. The number of hydrogen-bond donors (Lipinski definition) is 1. The Balaban J connectivity index is 1.83. The molecule has 104 valence electrons. The average molecular weight is 288 g/mol. The van der Waals surface area contributed by atoms with Gasteiger partial charge in [-0.15, -0.1) is 0 Å². The standard InChI is InChI=1S/C17H18ClNO/c1-2-13-3-7-15(8-4-13)17(20)19-12-11-14-5-9-16(18)10-6-14/h3-10H,2,11-12H2,1H3,(H,19,20). The number of rotatable bonds is 5. The first-order chi connectivity index (χ1) is 9.69. The summed E-state index contributed by atoms with van der Waals surface area (Å²) < 4.78 is 0. The molecule has 2 rings (SSSR count). The van der Waals surface area contributed by atoms with E-state index in [1.807, 2.05) is 48.5 Å². The van der Waals surface area contributed by atoms with Gasteiger partial charge in [-0.2, -0.15) is 0 Å². The van der Waals surface area contributed by atoms with Gasteiger partial charge in [-0.25, -0.2) is 0 Å². The van der Waals surface area contributed by atoms with Crippen LogP contribution in [-0.4, -0.2) is 12.5 Å². The SMILES string of the molecule is CCc1ccc(C(=O)NCCc2ccc(Cl)cc2)cc1. The van der Waals surface area contributed by atoms with E-state index in [0.717, 1.165) is 23.4 Å². The second-order valence-electron chi connectivity index (χ2n) is 4.68. The van der Waals surface area contributed by atoms with Crippen LogP contribution in [0.2, 0.25) is 5.02 Å². The Morgan fingerprint density at radius 2 is 1.60 bits per heavy atom. The van der Waals surface area contributed by atoms with Crippen LogP contribution in [0, 0.1) is 0 Å². The monoisotopic (exact) mass is 287 g/mol. The van der Waals surface area contributed by atoms with Gasteiger partial charge < -0.3 is 5.32 Å². The van der Waals surface area contributed by atoms with Gasteiger partial charge in [0.2, 0.25) is 0 Å². The van der Waals surface area contributed by atoms with Gasteiger partial charge in [0.15, 0.2) is 0 Å². The minimum Gasteiger partial charge on any atom is -0.352 e. The summed E-state index contributed by atoms with van der Waals surface area (Å²) in [6.07, 6.45) is 1.79. The Morgan fingerprint density at radius 1 is 1.00 bits per heavy atom. The number of carbonyl (C=O) groups excluding carboxylic acids is 1. The molecule has 0 aliphatic heterocycles. The normalized spacial score (nSPS) is 10.3. The van der Waals surface area contributed by atoms with Crippen LogP contribution in [0.5, 0.6) is 0 Å². The van der Waals surface area contributed by atoms with Gasteiger partial charge in [0.05, 0.1) is 0 Å². The van der Waals surface area contributed by atoms with Crippen molar-refractivity contribution >= 4 is 17.5 Å². The maximum absolute atomic E-state index is 12.0. The second-order valence-corrected chi connectivity index (χ2v) is 5.12. The fourth-order valence-electron chi connectivity index (χ4n) is 1.97. The number of nitrogens with one attached hydrogen (secondary N) is 1. The lowest BCUT2D eigenvalue weighted by atomic mass is 10.1. The minimum absolute atomic E-state index is 0.0263. The molecular formula is C17H18ClNO. The zero-order valence-electron chi connectivity index (χ0n) is 11.5. The first-order valence-electron chi connectivity index (χ1n) is 6.80. The molecule has 0 aromatic heterocycles. The topological polar surface area (TPSA) is 29.1 Å². The van der Waals surface area contributed by atoms with Crippen LogP contribution in [0.1, 0.15) is 28.4 Å². The van der Waals surface area contributed by atoms with E-state index in [9.17, 15) is 4.79 Å². The summed E-state index contributed by atoms with van der Waals surface area (Å²) in [5, 5.41) is 3.66. The average Bonchev–Trinajstić information content (AvgIpc) is 2.49. The summed E-state index contributed by atoms with van der Waals surface area (Å²) in [4.78, 5) is 12.0. The van der Waals surface area contributed by atoms with Crippen molar-refractivity contribution in [3.05, 3.63) is 70.2 Å². The Hall–Kier alpha value is -1.80. The van der Waals surface area contributed by atoms with E-state index in [4.69, 9.17) is 11.6 Å². The number of benzene rings is 2. The maximum Gasteiger partial charge on any atom is 0.251 e. The lowest BCUT2D eigenvalue weighted by molar-refractivity contribution is 0.0954. The van der Waals surface area contributed by atoms with Crippen LogP contribution in [0.3, 0.4) is 0 Å². The van der Waals surface area contributed by atoms with E-state index >= 15 is 0 Å². The van der Waals surface area contributed by atoms with Crippen molar-refractivity contribution in [2.24, 2.45) is 0 Å². The van der Waals surface area contributed by atoms with Crippen molar-refractivity contribution in [1.29, 1.82) is 0 Å². The highest BCUT2D eigenvalue weighted by Crippen LogP contribution is 2.09. The first-order valence-corrected chi connectivity index (χ1v) is 7.18. The zero-order valence-corrected chi connectivity index (χ0v) is 12.3. The van der Waals surface area contributed by atoms with Crippen LogP contribution in [0.15, 0.2) is 48.5 Å². The molecule has 20 heavy (non-hydrogen) atoms. The van der Waals surface area contributed by atoms with E-state index in [1.165, 1.54) is 5.56 Å². The molecule has 0 spiro atoms. The number of amides is 1.